The van der Waals surface area contributed by atoms with Crippen LogP contribution in [0.5, 0.6) is 0 Å². The zero-order valence-electron chi connectivity index (χ0n) is 9.81. The number of nitrogens with zero attached hydrogens (tertiary/aromatic N) is 2. The molecule has 1 amide bonds. The van der Waals surface area contributed by atoms with Crippen LogP contribution in [0.4, 0.5) is 5.69 Å². The monoisotopic (exact) mass is 226 g/mol. The molecule has 0 radical (unpaired) electrons. The zero-order chi connectivity index (χ0) is 12.4. The first kappa shape index (κ1) is 11.4. The summed E-state index contributed by atoms with van der Waals surface area (Å²) in [5.74, 6) is 0.320. The van der Waals surface area contributed by atoms with Crippen molar-refractivity contribution in [2.24, 2.45) is 5.92 Å². The smallest absolute Gasteiger partial charge is 0.227 e. The maximum atomic E-state index is 11.9. The van der Waals surface area contributed by atoms with E-state index in [1.807, 2.05) is 19.1 Å². The van der Waals surface area contributed by atoms with Crippen molar-refractivity contribution in [3.8, 4) is 6.07 Å². The van der Waals surface area contributed by atoms with Gasteiger partial charge in [0.15, 0.2) is 0 Å². The van der Waals surface area contributed by atoms with Crippen LogP contribution in [0.25, 0.3) is 0 Å². The van der Waals surface area contributed by atoms with Crippen molar-refractivity contribution in [2.45, 2.75) is 13.3 Å². The highest BCUT2D eigenvalue weighted by Gasteiger charge is 2.29. The Morgan fingerprint density at radius 3 is 2.94 bits per heavy atom. The minimum absolute atomic E-state index is 0.105. The van der Waals surface area contributed by atoms with Gasteiger partial charge in [0, 0.05) is 24.6 Å². The lowest BCUT2D eigenvalue weighted by molar-refractivity contribution is -0.117. The van der Waals surface area contributed by atoms with E-state index < -0.39 is 0 Å². The van der Waals surface area contributed by atoms with Crippen LogP contribution in [0, 0.1) is 24.2 Å². The average Bonchev–Trinajstić information content (AvgIpc) is 2.71. The van der Waals surface area contributed by atoms with Crippen LogP contribution >= 0.6 is 0 Å². The highest BCUT2D eigenvalue weighted by atomic mass is 16.2. The molecular formula is C14H14N2O. The van der Waals surface area contributed by atoms with Crippen molar-refractivity contribution in [3.05, 3.63) is 42.0 Å². The molecule has 1 aromatic rings. The number of hydrogen-bond acceptors (Lipinski definition) is 2. The summed E-state index contributed by atoms with van der Waals surface area (Å²) >= 11 is 0. The van der Waals surface area contributed by atoms with E-state index in [1.54, 1.807) is 17.0 Å². The molecule has 0 aromatic heterocycles. The number of rotatable bonds is 2. The quantitative estimate of drug-likeness (QED) is 0.727. The first-order valence-corrected chi connectivity index (χ1v) is 5.59. The number of hydrogen-bond donors (Lipinski definition) is 0. The Labute approximate surface area is 101 Å². The summed E-state index contributed by atoms with van der Waals surface area (Å²) in [6.45, 7) is 6.34. The number of aryl methyl sites for hydroxylation is 1. The van der Waals surface area contributed by atoms with Gasteiger partial charge in [-0.15, -0.1) is 6.58 Å². The van der Waals surface area contributed by atoms with Crippen molar-refractivity contribution in [3.63, 3.8) is 0 Å². The largest absolute Gasteiger partial charge is 0.311 e. The molecule has 3 nitrogen and oxygen atoms in total. The average molecular weight is 226 g/mol. The minimum Gasteiger partial charge on any atom is -0.311 e. The Kier molecular flexibility index (Phi) is 2.97. The number of carbonyl (C=O) groups is 1. The van der Waals surface area contributed by atoms with E-state index in [1.165, 1.54) is 0 Å². The molecule has 17 heavy (non-hydrogen) atoms. The minimum atomic E-state index is 0.105. The Morgan fingerprint density at radius 2 is 2.35 bits per heavy atom. The van der Waals surface area contributed by atoms with Crippen LogP contribution < -0.4 is 4.90 Å². The second-order valence-electron chi connectivity index (χ2n) is 4.32. The lowest BCUT2D eigenvalue weighted by Gasteiger charge is -2.18. The third-order valence-corrected chi connectivity index (χ3v) is 3.12. The first-order valence-electron chi connectivity index (χ1n) is 5.59. The lowest BCUT2D eigenvalue weighted by Crippen LogP contribution is -2.25. The molecule has 0 aliphatic carbocycles. The van der Waals surface area contributed by atoms with E-state index in [0.29, 0.717) is 18.5 Å². The Balaban J connectivity index is 2.37. The van der Waals surface area contributed by atoms with Crippen LogP contribution in [-0.4, -0.2) is 12.5 Å². The SMILES string of the molecule is C=CC1CC(=O)N(c2cc(C#N)ccc2C)C1. The normalized spacial score (nSPS) is 19.2. The van der Waals surface area contributed by atoms with Gasteiger partial charge in [0.25, 0.3) is 0 Å². The summed E-state index contributed by atoms with van der Waals surface area (Å²) in [5, 5.41) is 8.89. The van der Waals surface area contributed by atoms with E-state index in [-0.39, 0.29) is 11.8 Å². The van der Waals surface area contributed by atoms with Crippen molar-refractivity contribution in [1.82, 2.24) is 0 Å². The summed E-state index contributed by atoms with van der Waals surface area (Å²) in [6.07, 6.45) is 2.33. The van der Waals surface area contributed by atoms with E-state index in [4.69, 9.17) is 5.26 Å². The van der Waals surface area contributed by atoms with Gasteiger partial charge in [0.2, 0.25) is 5.91 Å². The van der Waals surface area contributed by atoms with E-state index in [2.05, 4.69) is 12.6 Å². The summed E-state index contributed by atoms with van der Waals surface area (Å²) in [4.78, 5) is 13.6. The summed E-state index contributed by atoms with van der Waals surface area (Å²) < 4.78 is 0. The Bertz CT molecular complexity index is 513. The number of carbonyl (C=O) groups excluding carboxylic acids is 1. The highest BCUT2D eigenvalue weighted by Crippen LogP contribution is 2.28. The van der Waals surface area contributed by atoms with Gasteiger partial charge < -0.3 is 4.90 Å². The summed E-state index contributed by atoms with van der Waals surface area (Å²) in [6, 6.07) is 7.52. The van der Waals surface area contributed by atoms with Gasteiger partial charge in [-0.05, 0) is 24.6 Å². The number of nitriles is 1. The maximum Gasteiger partial charge on any atom is 0.227 e. The van der Waals surface area contributed by atoms with Crippen molar-refractivity contribution < 1.29 is 4.79 Å². The lowest BCUT2D eigenvalue weighted by atomic mass is 10.1. The second kappa shape index (κ2) is 4.42. The van der Waals surface area contributed by atoms with E-state index in [0.717, 1.165) is 11.3 Å². The fourth-order valence-corrected chi connectivity index (χ4v) is 2.10. The molecule has 0 spiro atoms. The summed E-state index contributed by atoms with van der Waals surface area (Å²) in [5.41, 5.74) is 2.45. The van der Waals surface area contributed by atoms with Crippen molar-refractivity contribution >= 4 is 11.6 Å². The van der Waals surface area contributed by atoms with Gasteiger partial charge in [-0.1, -0.05) is 12.1 Å². The van der Waals surface area contributed by atoms with Gasteiger partial charge in [-0.2, -0.15) is 5.26 Å². The molecule has 3 heteroatoms. The van der Waals surface area contributed by atoms with Crippen LogP contribution in [0.3, 0.4) is 0 Å². The number of anilines is 1. The van der Waals surface area contributed by atoms with Gasteiger partial charge >= 0.3 is 0 Å². The third kappa shape index (κ3) is 2.07. The molecule has 1 atom stereocenters. The topological polar surface area (TPSA) is 44.1 Å². The van der Waals surface area contributed by atoms with Gasteiger partial charge in [0.1, 0.15) is 0 Å². The molecule has 2 rings (SSSR count). The van der Waals surface area contributed by atoms with Gasteiger partial charge in [-0.3, -0.25) is 4.79 Å². The standard InChI is InChI=1S/C14H14N2O/c1-3-11-7-14(17)16(9-11)13-6-12(8-15)5-4-10(13)2/h3-6,11H,1,7,9H2,2H3. The molecule has 1 heterocycles. The predicted octanol–water partition coefficient (Wildman–Crippen LogP) is 2.41. The summed E-state index contributed by atoms with van der Waals surface area (Å²) in [7, 11) is 0. The van der Waals surface area contributed by atoms with Gasteiger partial charge in [0.05, 0.1) is 11.6 Å². The van der Waals surface area contributed by atoms with Crippen molar-refractivity contribution in [1.29, 1.82) is 5.26 Å². The molecule has 1 aliphatic heterocycles. The molecular weight excluding hydrogens is 212 g/mol. The predicted molar refractivity (Wildman–Crippen MR) is 66.6 cm³/mol. The highest BCUT2D eigenvalue weighted by molar-refractivity contribution is 5.96. The Morgan fingerprint density at radius 1 is 1.59 bits per heavy atom. The fraction of sp³-hybridized carbons (Fsp3) is 0.286. The molecule has 1 aliphatic rings. The first-order chi connectivity index (χ1) is 8.15. The molecule has 0 N–H and O–H groups in total. The number of amides is 1. The molecule has 1 aromatic carbocycles. The molecule has 1 saturated heterocycles. The van der Waals surface area contributed by atoms with Crippen LogP contribution in [-0.2, 0) is 4.79 Å². The molecule has 0 saturated carbocycles. The van der Waals surface area contributed by atoms with E-state index in [9.17, 15) is 4.79 Å². The maximum absolute atomic E-state index is 11.9. The van der Waals surface area contributed by atoms with Crippen molar-refractivity contribution in [2.75, 3.05) is 11.4 Å². The number of benzene rings is 1. The van der Waals surface area contributed by atoms with Crippen LogP contribution in [0.2, 0.25) is 0 Å². The molecule has 86 valence electrons. The zero-order valence-corrected chi connectivity index (χ0v) is 9.81. The van der Waals surface area contributed by atoms with Crippen LogP contribution in [0.1, 0.15) is 17.5 Å². The molecule has 1 unspecified atom stereocenters. The second-order valence-corrected chi connectivity index (χ2v) is 4.32. The molecule has 1 fully saturated rings. The Hall–Kier alpha value is -2.08. The fourth-order valence-electron chi connectivity index (χ4n) is 2.10. The van der Waals surface area contributed by atoms with E-state index >= 15 is 0 Å². The van der Waals surface area contributed by atoms with Gasteiger partial charge in [-0.25, -0.2) is 0 Å². The molecule has 0 bridgehead atoms. The third-order valence-electron chi connectivity index (χ3n) is 3.12. The van der Waals surface area contributed by atoms with Crippen LogP contribution in [0.15, 0.2) is 30.9 Å².